The highest BCUT2D eigenvalue weighted by atomic mass is 16.5. The Hall–Kier alpha value is -1.40. The predicted octanol–water partition coefficient (Wildman–Crippen LogP) is 9.15. The number of esters is 1. The molecule has 0 aliphatic rings. The molecule has 0 spiro atoms. The fourth-order valence-corrected chi connectivity index (χ4v) is 4.71. The van der Waals surface area contributed by atoms with Crippen LogP contribution in [-0.2, 0) is 23.8 Å². The van der Waals surface area contributed by atoms with E-state index in [1.165, 1.54) is 31.3 Å². The average molecular weight is 569 g/mol. The molecule has 0 aliphatic carbocycles. The zero-order valence-electron chi connectivity index (χ0n) is 27.6. The summed E-state index contributed by atoms with van der Waals surface area (Å²) in [5.74, 6) is 0.388. The third kappa shape index (κ3) is 24.4. The van der Waals surface area contributed by atoms with Crippen LogP contribution in [0.15, 0.2) is 11.6 Å². The lowest BCUT2D eigenvalue weighted by Gasteiger charge is -2.28. The molecule has 6 nitrogen and oxygen atoms in total. The van der Waals surface area contributed by atoms with Crippen LogP contribution in [0.5, 0.6) is 0 Å². The molecule has 40 heavy (non-hydrogen) atoms. The van der Waals surface area contributed by atoms with E-state index >= 15 is 0 Å². The fourth-order valence-electron chi connectivity index (χ4n) is 4.71. The van der Waals surface area contributed by atoms with E-state index < -0.39 is 11.9 Å². The summed E-state index contributed by atoms with van der Waals surface area (Å²) in [6, 6.07) is 0. The van der Waals surface area contributed by atoms with Crippen molar-refractivity contribution in [1.29, 1.82) is 0 Å². The highest BCUT2D eigenvalue weighted by Crippen LogP contribution is 2.25. The smallest absolute Gasteiger partial charge is 0.306 e. The summed E-state index contributed by atoms with van der Waals surface area (Å²) < 4.78 is 17.7. The van der Waals surface area contributed by atoms with Gasteiger partial charge in [0.1, 0.15) is 0 Å². The molecule has 0 bridgehead atoms. The zero-order valence-corrected chi connectivity index (χ0v) is 27.6. The van der Waals surface area contributed by atoms with Crippen molar-refractivity contribution in [2.45, 2.75) is 157 Å². The average Bonchev–Trinajstić information content (AvgIpc) is 2.82. The standard InChI is InChI=1S/C34H64O6/c1-27(2)13-10-14-28(3)20-25-39-34(8,9)23-12-16-30(5)21-26-40-33(6,7)22-11-15-29(4)19-24-38-32(37)18-17-31(35)36/h13,28-30H,10-12,14-26H2,1-9H3,(H,35,36). The topological polar surface area (TPSA) is 82.1 Å². The van der Waals surface area contributed by atoms with Gasteiger partial charge in [0.05, 0.1) is 30.7 Å². The summed E-state index contributed by atoms with van der Waals surface area (Å²) in [6.07, 6.45) is 14.1. The van der Waals surface area contributed by atoms with Gasteiger partial charge >= 0.3 is 11.9 Å². The summed E-state index contributed by atoms with van der Waals surface area (Å²) in [6.45, 7) is 22.0. The Labute approximate surface area is 247 Å². The number of allylic oxidation sites excluding steroid dienone is 2. The Balaban J connectivity index is 3.95. The van der Waals surface area contributed by atoms with Crippen LogP contribution in [0.2, 0.25) is 0 Å². The summed E-state index contributed by atoms with van der Waals surface area (Å²) >= 11 is 0. The molecule has 236 valence electrons. The van der Waals surface area contributed by atoms with Gasteiger partial charge in [-0.25, -0.2) is 0 Å². The second-order valence-corrected chi connectivity index (χ2v) is 13.7. The molecule has 0 aliphatic heterocycles. The number of aliphatic carboxylic acids is 1. The Morgan fingerprint density at radius 3 is 1.60 bits per heavy atom. The number of rotatable bonds is 25. The van der Waals surface area contributed by atoms with E-state index in [2.05, 4.69) is 68.4 Å². The molecule has 0 aromatic rings. The van der Waals surface area contributed by atoms with Crippen molar-refractivity contribution in [3.8, 4) is 0 Å². The van der Waals surface area contributed by atoms with E-state index in [1.54, 1.807) is 0 Å². The Morgan fingerprint density at radius 1 is 0.700 bits per heavy atom. The van der Waals surface area contributed by atoms with Crippen LogP contribution in [-0.4, -0.2) is 48.1 Å². The molecular formula is C34H64O6. The molecule has 0 saturated heterocycles. The maximum absolute atomic E-state index is 11.5. The molecule has 0 heterocycles. The summed E-state index contributed by atoms with van der Waals surface area (Å²) in [5.41, 5.74) is 1.21. The lowest BCUT2D eigenvalue weighted by atomic mass is 9.94. The highest BCUT2D eigenvalue weighted by molar-refractivity contribution is 5.76. The first kappa shape index (κ1) is 38.6. The van der Waals surface area contributed by atoms with E-state index in [0.29, 0.717) is 24.4 Å². The van der Waals surface area contributed by atoms with Crippen molar-refractivity contribution in [2.75, 3.05) is 19.8 Å². The molecule has 6 heteroatoms. The van der Waals surface area contributed by atoms with E-state index in [0.717, 1.165) is 58.2 Å². The van der Waals surface area contributed by atoms with Crippen LogP contribution in [0.1, 0.15) is 146 Å². The van der Waals surface area contributed by atoms with E-state index in [4.69, 9.17) is 19.3 Å². The molecule has 3 atom stereocenters. The summed E-state index contributed by atoms with van der Waals surface area (Å²) in [4.78, 5) is 22.0. The predicted molar refractivity (Wildman–Crippen MR) is 166 cm³/mol. The van der Waals surface area contributed by atoms with Crippen LogP contribution >= 0.6 is 0 Å². The Bertz CT molecular complexity index is 707. The van der Waals surface area contributed by atoms with Crippen LogP contribution in [0.25, 0.3) is 0 Å². The van der Waals surface area contributed by atoms with Crippen LogP contribution in [0.3, 0.4) is 0 Å². The molecule has 0 aromatic carbocycles. The number of carboxylic acids is 1. The Kier molecular flexibility index (Phi) is 20.6. The van der Waals surface area contributed by atoms with Crippen molar-refractivity contribution in [3.63, 3.8) is 0 Å². The van der Waals surface area contributed by atoms with Gasteiger partial charge < -0.3 is 19.3 Å². The third-order valence-electron chi connectivity index (χ3n) is 7.79. The van der Waals surface area contributed by atoms with Crippen LogP contribution in [0.4, 0.5) is 0 Å². The molecule has 3 unspecified atom stereocenters. The largest absolute Gasteiger partial charge is 0.481 e. The number of hydrogen-bond donors (Lipinski definition) is 1. The zero-order chi connectivity index (χ0) is 30.6. The van der Waals surface area contributed by atoms with E-state index in [1.807, 2.05) is 0 Å². The number of carboxylic acid groups (broad SMARTS) is 1. The van der Waals surface area contributed by atoms with E-state index in [9.17, 15) is 9.59 Å². The van der Waals surface area contributed by atoms with Gasteiger partial charge in [0.2, 0.25) is 0 Å². The minimum Gasteiger partial charge on any atom is -0.481 e. The van der Waals surface area contributed by atoms with Gasteiger partial charge in [-0.3, -0.25) is 9.59 Å². The molecule has 0 radical (unpaired) electrons. The molecule has 0 saturated carbocycles. The van der Waals surface area contributed by atoms with Gasteiger partial charge in [0.15, 0.2) is 0 Å². The van der Waals surface area contributed by atoms with Gasteiger partial charge in [-0.05, 0) is 104 Å². The first-order valence-corrected chi connectivity index (χ1v) is 15.9. The summed E-state index contributed by atoms with van der Waals surface area (Å²) in [5, 5.41) is 8.62. The SMILES string of the molecule is CC(C)=CCCC(C)CCOC(C)(C)CCCC(C)CCOC(C)(C)CCCC(C)CCOC(=O)CCC(=O)O. The van der Waals surface area contributed by atoms with Crippen LogP contribution < -0.4 is 0 Å². The maximum Gasteiger partial charge on any atom is 0.306 e. The second-order valence-electron chi connectivity index (χ2n) is 13.7. The molecule has 1 N–H and O–H groups in total. The first-order valence-electron chi connectivity index (χ1n) is 15.9. The number of carbonyl (C=O) groups is 2. The molecular weight excluding hydrogens is 504 g/mol. The van der Waals surface area contributed by atoms with Gasteiger partial charge in [-0.15, -0.1) is 0 Å². The van der Waals surface area contributed by atoms with Gasteiger partial charge in [-0.1, -0.05) is 58.1 Å². The normalized spacial score (nSPS) is 14.4. The minimum absolute atomic E-state index is 0.0583. The lowest BCUT2D eigenvalue weighted by Crippen LogP contribution is -2.26. The van der Waals surface area contributed by atoms with Gasteiger partial charge in [-0.2, -0.15) is 0 Å². The first-order chi connectivity index (χ1) is 18.6. The van der Waals surface area contributed by atoms with Crippen molar-refractivity contribution in [1.82, 2.24) is 0 Å². The summed E-state index contributed by atoms with van der Waals surface area (Å²) in [7, 11) is 0. The Morgan fingerprint density at radius 2 is 1.15 bits per heavy atom. The van der Waals surface area contributed by atoms with Crippen molar-refractivity contribution in [3.05, 3.63) is 11.6 Å². The lowest BCUT2D eigenvalue weighted by molar-refractivity contribution is -0.148. The molecule has 0 rings (SSSR count). The van der Waals surface area contributed by atoms with Gasteiger partial charge in [0.25, 0.3) is 0 Å². The fraction of sp³-hybridized carbons (Fsp3) is 0.882. The third-order valence-corrected chi connectivity index (χ3v) is 7.79. The van der Waals surface area contributed by atoms with Crippen LogP contribution in [0, 0.1) is 17.8 Å². The maximum atomic E-state index is 11.5. The quantitative estimate of drug-likeness (QED) is 0.0873. The van der Waals surface area contributed by atoms with Gasteiger partial charge in [0, 0.05) is 13.2 Å². The number of hydrogen-bond acceptors (Lipinski definition) is 5. The monoisotopic (exact) mass is 568 g/mol. The molecule has 0 fully saturated rings. The second kappa shape index (κ2) is 21.3. The van der Waals surface area contributed by atoms with Crippen molar-refractivity contribution < 1.29 is 28.9 Å². The number of carbonyl (C=O) groups excluding carboxylic acids is 1. The van der Waals surface area contributed by atoms with E-state index in [-0.39, 0.29) is 24.0 Å². The minimum atomic E-state index is -0.976. The number of ether oxygens (including phenoxy) is 3. The molecule has 0 amide bonds. The van der Waals surface area contributed by atoms with Crippen molar-refractivity contribution in [2.24, 2.45) is 17.8 Å². The van der Waals surface area contributed by atoms with Crippen molar-refractivity contribution >= 4 is 11.9 Å². The highest BCUT2D eigenvalue weighted by Gasteiger charge is 2.21. The molecule has 0 aromatic heterocycles.